The molecular formula is C14H27IN4O. The molecule has 0 aromatic rings. The Balaban J connectivity index is 0.00000200. The lowest BCUT2D eigenvalue weighted by atomic mass is 10.1. The van der Waals surface area contributed by atoms with Gasteiger partial charge >= 0.3 is 0 Å². The van der Waals surface area contributed by atoms with Gasteiger partial charge in [-0.15, -0.1) is 24.0 Å². The Morgan fingerprint density at radius 3 is 2.15 bits per heavy atom. The Hall–Kier alpha value is -0.530. The molecule has 2 saturated heterocycles. The van der Waals surface area contributed by atoms with E-state index in [4.69, 9.17) is 0 Å². The van der Waals surface area contributed by atoms with Crippen molar-refractivity contribution in [1.29, 1.82) is 0 Å². The number of amides is 1. The zero-order chi connectivity index (χ0) is 13.5. The number of hydrogen-bond donors (Lipinski definition) is 1. The van der Waals surface area contributed by atoms with Crippen molar-refractivity contribution < 1.29 is 4.79 Å². The second kappa shape index (κ2) is 9.41. The van der Waals surface area contributed by atoms with Crippen molar-refractivity contribution in [3.05, 3.63) is 0 Å². The maximum absolute atomic E-state index is 12.1. The third kappa shape index (κ3) is 5.10. The van der Waals surface area contributed by atoms with E-state index in [0.29, 0.717) is 6.54 Å². The van der Waals surface area contributed by atoms with Crippen molar-refractivity contribution in [3.8, 4) is 0 Å². The topological polar surface area (TPSA) is 47.9 Å². The first-order valence-corrected chi connectivity index (χ1v) is 7.62. The van der Waals surface area contributed by atoms with Crippen LogP contribution in [-0.4, -0.2) is 60.9 Å². The SMILES string of the molecule is CCNC(=NCC(=O)N1CCCCC1)N1CCCC1.I. The number of likely N-dealkylation sites (tertiary alicyclic amines) is 2. The van der Waals surface area contributed by atoms with Crippen LogP contribution in [0.5, 0.6) is 0 Å². The molecule has 116 valence electrons. The Morgan fingerprint density at radius 1 is 1.00 bits per heavy atom. The van der Waals surface area contributed by atoms with Gasteiger partial charge < -0.3 is 15.1 Å². The molecule has 0 aromatic heterocycles. The first-order valence-electron chi connectivity index (χ1n) is 7.62. The van der Waals surface area contributed by atoms with E-state index in [0.717, 1.165) is 51.5 Å². The fraction of sp³-hybridized carbons (Fsp3) is 0.857. The van der Waals surface area contributed by atoms with Crippen LogP contribution >= 0.6 is 24.0 Å². The van der Waals surface area contributed by atoms with Gasteiger partial charge in [0.25, 0.3) is 0 Å². The summed E-state index contributed by atoms with van der Waals surface area (Å²) < 4.78 is 0. The minimum atomic E-state index is 0. The van der Waals surface area contributed by atoms with Gasteiger partial charge in [-0.05, 0) is 39.0 Å². The number of carbonyl (C=O) groups is 1. The molecule has 2 aliphatic heterocycles. The lowest BCUT2D eigenvalue weighted by Gasteiger charge is -2.26. The van der Waals surface area contributed by atoms with Gasteiger partial charge in [-0.3, -0.25) is 4.79 Å². The molecule has 0 unspecified atom stereocenters. The lowest BCUT2D eigenvalue weighted by molar-refractivity contribution is -0.130. The molecule has 0 saturated carbocycles. The van der Waals surface area contributed by atoms with E-state index in [1.165, 1.54) is 19.3 Å². The summed E-state index contributed by atoms with van der Waals surface area (Å²) in [7, 11) is 0. The number of guanidine groups is 1. The number of carbonyl (C=O) groups excluding carboxylic acids is 1. The second-order valence-electron chi connectivity index (χ2n) is 5.31. The van der Waals surface area contributed by atoms with Gasteiger partial charge in [0.1, 0.15) is 6.54 Å². The van der Waals surface area contributed by atoms with Gasteiger partial charge in [-0.25, -0.2) is 4.99 Å². The first kappa shape index (κ1) is 17.5. The minimum Gasteiger partial charge on any atom is -0.357 e. The van der Waals surface area contributed by atoms with Crippen LogP contribution in [-0.2, 0) is 4.79 Å². The minimum absolute atomic E-state index is 0. The largest absolute Gasteiger partial charge is 0.357 e. The maximum atomic E-state index is 12.1. The number of nitrogens with zero attached hydrogens (tertiary/aromatic N) is 3. The van der Waals surface area contributed by atoms with Crippen LogP contribution in [0.15, 0.2) is 4.99 Å². The summed E-state index contributed by atoms with van der Waals surface area (Å²) in [5.41, 5.74) is 0. The van der Waals surface area contributed by atoms with Crippen molar-refractivity contribution in [3.63, 3.8) is 0 Å². The van der Waals surface area contributed by atoms with Crippen LogP contribution < -0.4 is 5.32 Å². The number of rotatable bonds is 3. The number of halogens is 1. The van der Waals surface area contributed by atoms with Crippen molar-refractivity contribution in [1.82, 2.24) is 15.1 Å². The molecule has 20 heavy (non-hydrogen) atoms. The quantitative estimate of drug-likeness (QED) is 0.450. The third-order valence-corrected chi connectivity index (χ3v) is 3.81. The Kier molecular flexibility index (Phi) is 8.25. The summed E-state index contributed by atoms with van der Waals surface area (Å²) in [6.07, 6.45) is 5.99. The first-order chi connectivity index (χ1) is 9.31. The van der Waals surface area contributed by atoms with Crippen LogP contribution in [0.3, 0.4) is 0 Å². The van der Waals surface area contributed by atoms with Crippen LogP contribution in [0.25, 0.3) is 0 Å². The molecule has 6 heteroatoms. The number of nitrogens with one attached hydrogen (secondary N) is 1. The number of aliphatic imine (C=N–C) groups is 1. The predicted molar refractivity (Wildman–Crippen MR) is 92.6 cm³/mol. The van der Waals surface area contributed by atoms with Gasteiger partial charge in [-0.2, -0.15) is 0 Å². The summed E-state index contributed by atoms with van der Waals surface area (Å²) in [5, 5.41) is 3.29. The van der Waals surface area contributed by atoms with Crippen LogP contribution in [0.2, 0.25) is 0 Å². The monoisotopic (exact) mass is 394 g/mol. The fourth-order valence-electron chi connectivity index (χ4n) is 2.74. The fourth-order valence-corrected chi connectivity index (χ4v) is 2.74. The Morgan fingerprint density at radius 2 is 1.55 bits per heavy atom. The highest BCUT2D eigenvalue weighted by molar-refractivity contribution is 14.0. The summed E-state index contributed by atoms with van der Waals surface area (Å²) in [5.74, 6) is 1.08. The van der Waals surface area contributed by atoms with E-state index in [1.54, 1.807) is 0 Å². The zero-order valence-electron chi connectivity index (χ0n) is 12.4. The smallest absolute Gasteiger partial charge is 0.244 e. The van der Waals surface area contributed by atoms with Gasteiger partial charge in [-0.1, -0.05) is 0 Å². The average Bonchev–Trinajstić information content (AvgIpc) is 2.98. The second-order valence-corrected chi connectivity index (χ2v) is 5.31. The van der Waals surface area contributed by atoms with Gasteiger partial charge in [0, 0.05) is 32.7 Å². The molecular weight excluding hydrogens is 367 g/mol. The van der Waals surface area contributed by atoms with Crippen molar-refractivity contribution in [2.45, 2.75) is 39.0 Å². The maximum Gasteiger partial charge on any atom is 0.244 e. The van der Waals surface area contributed by atoms with Gasteiger partial charge in [0.15, 0.2) is 5.96 Å². The number of hydrogen-bond acceptors (Lipinski definition) is 2. The highest BCUT2D eigenvalue weighted by Gasteiger charge is 2.18. The summed E-state index contributed by atoms with van der Waals surface area (Å²) in [6, 6.07) is 0. The zero-order valence-corrected chi connectivity index (χ0v) is 14.8. The third-order valence-electron chi connectivity index (χ3n) is 3.81. The molecule has 5 nitrogen and oxygen atoms in total. The van der Waals surface area contributed by atoms with E-state index >= 15 is 0 Å². The summed E-state index contributed by atoms with van der Waals surface area (Å²) >= 11 is 0. The lowest BCUT2D eigenvalue weighted by Crippen LogP contribution is -2.41. The molecule has 2 heterocycles. The molecule has 0 aromatic carbocycles. The van der Waals surface area contributed by atoms with Crippen LogP contribution in [0.4, 0.5) is 0 Å². The highest BCUT2D eigenvalue weighted by Crippen LogP contribution is 2.10. The molecule has 2 aliphatic rings. The molecule has 0 aliphatic carbocycles. The van der Waals surface area contributed by atoms with Gasteiger partial charge in [0.2, 0.25) is 5.91 Å². The molecule has 2 rings (SSSR count). The molecule has 1 amide bonds. The van der Waals surface area contributed by atoms with Crippen molar-refractivity contribution in [2.24, 2.45) is 4.99 Å². The molecule has 2 fully saturated rings. The molecule has 0 atom stereocenters. The Labute approximate surface area is 139 Å². The van der Waals surface area contributed by atoms with Gasteiger partial charge in [0.05, 0.1) is 0 Å². The molecule has 0 bridgehead atoms. The normalized spacial score (nSPS) is 19.8. The molecule has 0 radical (unpaired) electrons. The van der Waals surface area contributed by atoms with Crippen molar-refractivity contribution in [2.75, 3.05) is 39.3 Å². The number of piperidine rings is 1. The van der Waals surface area contributed by atoms with E-state index in [-0.39, 0.29) is 29.9 Å². The Bertz CT molecular complexity index is 323. The van der Waals surface area contributed by atoms with E-state index in [2.05, 4.69) is 22.1 Å². The predicted octanol–water partition coefficient (Wildman–Crippen LogP) is 1.68. The van der Waals surface area contributed by atoms with E-state index in [9.17, 15) is 4.79 Å². The summed E-state index contributed by atoms with van der Waals surface area (Å²) in [6.45, 7) is 7.15. The average molecular weight is 394 g/mol. The highest BCUT2D eigenvalue weighted by atomic mass is 127. The molecule has 0 spiro atoms. The van der Waals surface area contributed by atoms with Crippen molar-refractivity contribution >= 4 is 35.8 Å². The van der Waals surface area contributed by atoms with Crippen LogP contribution in [0.1, 0.15) is 39.0 Å². The standard InChI is InChI=1S/C14H26N4O.HI/c1-2-15-14(18-10-6-7-11-18)16-12-13(19)17-8-4-3-5-9-17;/h2-12H2,1H3,(H,15,16);1H. The van der Waals surface area contributed by atoms with E-state index in [1.807, 2.05) is 4.90 Å². The summed E-state index contributed by atoms with van der Waals surface area (Å²) in [4.78, 5) is 20.8. The van der Waals surface area contributed by atoms with E-state index < -0.39 is 0 Å². The molecule has 1 N–H and O–H groups in total. The van der Waals surface area contributed by atoms with Crippen LogP contribution in [0, 0.1) is 0 Å².